The van der Waals surface area contributed by atoms with Gasteiger partial charge in [0.1, 0.15) is 11.5 Å². The molecular weight excluding hydrogens is 606 g/mol. The van der Waals surface area contributed by atoms with Crippen LogP contribution in [0.15, 0.2) is 28.5 Å². The van der Waals surface area contributed by atoms with Crippen LogP contribution in [0.2, 0.25) is 0 Å². The molecule has 3 N–H and O–H groups in total. The Morgan fingerprint density at radius 1 is 1.20 bits per heavy atom. The Balaban J connectivity index is 1.42. The van der Waals surface area contributed by atoms with Crippen LogP contribution in [0.5, 0.6) is 0 Å². The second-order valence-corrected chi connectivity index (χ2v) is 14.5. The second kappa shape index (κ2) is 13.5. The van der Waals surface area contributed by atoms with E-state index < -0.39 is 0 Å². The number of anilines is 2. The number of thiazole rings is 1. The minimum Gasteiger partial charge on any atom is -0.356 e. The number of aromatic amines is 1. The van der Waals surface area contributed by atoms with Gasteiger partial charge in [-0.3, -0.25) is 24.1 Å². The van der Waals surface area contributed by atoms with Gasteiger partial charge in [0.2, 0.25) is 5.91 Å². The molecule has 0 bridgehead atoms. The van der Waals surface area contributed by atoms with Crippen molar-refractivity contribution in [3.8, 4) is 0 Å². The molecule has 46 heavy (non-hydrogen) atoms. The summed E-state index contributed by atoms with van der Waals surface area (Å²) in [5.74, 6) is 0.576. The average Bonchev–Trinajstić information content (AvgIpc) is 3.68. The third-order valence-electron chi connectivity index (χ3n) is 7.76. The van der Waals surface area contributed by atoms with Crippen molar-refractivity contribution < 1.29 is 14.1 Å². The average molecular weight is 649 g/mol. The number of tetrazole rings is 1. The number of rotatable bonds is 10. The minimum absolute atomic E-state index is 0.0228. The fraction of sp³-hybridized carbons (Fsp3) is 0.484. The van der Waals surface area contributed by atoms with Gasteiger partial charge in [-0.25, -0.2) is 9.97 Å². The maximum Gasteiger partial charge on any atom is 0.267 e. The first-order valence-electron chi connectivity index (χ1n) is 15.3. The lowest BCUT2D eigenvalue weighted by Crippen LogP contribution is -2.43. The van der Waals surface area contributed by atoms with Gasteiger partial charge in [-0.2, -0.15) is 5.21 Å². The Kier molecular flexibility index (Phi) is 9.63. The molecule has 0 aliphatic carbocycles. The first-order chi connectivity index (χ1) is 21.8. The molecule has 0 aromatic carbocycles. The number of nitrogens with one attached hydrogen (secondary N) is 3. The highest BCUT2D eigenvalue weighted by Gasteiger charge is 2.27. The SMILES string of the molecule is CC(C)(C)c1csc(NC(=O)c2ccn3c(=O)c(/C=C/c4nn[nH]n4)c(N4CCCC(CC(=O)NCC[N+](C)(C)C)C4)nc3c2)n1. The molecule has 1 unspecified atom stereocenters. The van der Waals surface area contributed by atoms with Crippen LogP contribution in [0.3, 0.4) is 0 Å². The number of pyridine rings is 1. The summed E-state index contributed by atoms with van der Waals surface area (Å²) in [5, 5.41) is 22.3. The number of carbonyl (C=O) groups is 2. The first kappa shape index (κ1) is 32.9. The molecule has 0 spiro atoms. The number of piperidine rings is 1. The standard InChI is InChI=1S/C31H41N11O3S/c1-31(2,3)23-19-46-30(33-23)35-28(44)21-11-14-41-25(17-21)34-27(22(29(41)45)9-10-24-36-38-39-37-24)40-13-7-8-20(18-40)16-26(43)32-12-15-42(4,5)6/h9-11,14,17,19-20H,7-8,12-13,15-16,18H2,1-6H3,(H2-,32,33,35,36,37,38,39,43,44)/p+1. The maximum atomic E-state index is 13.9. The predicted octanol–water partition coefficient (Wildman–Crippen LogP) is 2.81. The predicted molar refractivity (Wildman–Crippen MR) is 179 cm³/mol. The van der Waals surface area contributed by atoms with E-state index in [1.165, 1.54) is 15.7 Å². The molecule has 0 saturated carbocycles. The summed E-state index contributed by atoms with van der Waals surface area (Å²) in [6.07, 6.45) is 6.93. The molecule has 4 aromatic heterocycles. The van der Waals surface area contributed by atoms with E-state index in [1.807, 2.05) is 5.38 Å². The van der Waals surface area contributed by atoms with Gasteiger partial charge in [0.25, 0.3) is 11.5 Å². The molecule has 1 atom stereocenters. The number of hydrogen-bond donors (Lipinski definition) is 3. The van der Waals surface area contributed by atoms with Crippen LogP contribution in [0.1, 0.15) is 67.5 Å². The lowest BCUT2D eigenvalue weighted by atomic mass is 9.93. The highest BCUT2D eigenvalue weighted by Crippen LogP contribution is 2.28. The van der Waals surface area contributed by atoms with E-state index in [2.05, 4.69) is 83.1 Å². The van der Waals surface area contributed by atoms with Gasteiger partial charge >= 0.3 is 0 Å². The van der Waals surface area contributed by atoms with E-state index >= 15 is 0 Å². The van der Waals surface area contributed by atoms with Gasteiger partial charge < -0.3 is 14.7 Å². The molecule has 1 saturated heterocycles. The molecule has 5 rings (SSSR count). The summed E-state index contributed by atoms with van der Waals surface area (Å²) in [6, 6.07) is 3.19. The number of likely N-dealkylation sites (N-methyl/N-ethyl adjacent to an activating group) is 1. The van der Waals surface area contributed by atoms with Crippen LogP contribution in [0.25, 0.3) is 17.8 Å². The number of carbonyl (C=O) groups excluding carboxylic acids is 2. The number of fused-ring (bicyclic) bond motifs is 1. The molecule has 4 aromatic rings. The van der Waals surface area contributed by atoms with Gasteiger partial charge in [0.05, 0.1) is 45.5 Å². The van der Waals surface area contributed by atoms with Crippen LogP contribution in [-0.2, 0) is 10.2 Å². The number of nitrogens with zero attached hydrogens (tertiary/aromatic N) is 8. The lowest BCUT2D eigenvalue weighted by molar-refractivity contribution is -0.869. The van der Waals surface area contributed by atoms with Gasteiger partial charge in [0.15, 0.2) is 11.0 Å². The maximum absolute atomic E-state index is 13.9. The fourth-order valence-corrected chi connectivity index (χ4v) is 6.13. The zero-order valence-electron chi connectivity index (χ0n) is 27.2. The second-order valence-electron chi connectivity index (χ2n) is 13.7. The number of aromatic nitrogens is 7. The van der Waals surface area contributed by atoms with Crippen molar-refractivity contribution in [2.75, 3.05) is 57.5 Å². The summed E-state index contributed by atoms with van der Waals surface area (Å²) < 4.78 is 2.19. The van der Waals surface area contributed by atoms with E-state index in [-0.39, 0.29) is 28.7 Å². The van der Waals surface area contributed by atoms with Crippen LogP contribution in [0, 0.1) is 5.92 Å². The monoisotopic (exact) mass is 648 g/mol. The Labute approximate surface area is 271 Å². The van der Waals surface area contributed by atoms with E-state index in [4.69, 9.17) is 4.98 Å². The molecular formula is C31H42N11O3S+. The largest absolute Gasteiger partial charge is 0.356 e. The van der Waals surface area contributed by atoms with E-state index in [0.29, 0.717) is 59.6 Å². The third kappa shape index (κ3) is 8.20. The molecule has 2 amide bonds. The van der Waals surface area contributed by atoms with Crippen LogP contribution in [-0.4, -0.2) is 98.6 Å². The number of quaternary nitrogens is 1. The molecule has 14 nitrogen and oxygen atoms in total. The molecule has 5 heterocycles. The Morgan fingerprint density at radius 3 is 2.70 bits per heavy atom. The van der Waals surface area contributed by atoms with Crippen LogP contribution in [0.4, 0.5) is 10.9 Å². The highest BCUT2D eigenvalue weighted by molar-refractivity contribution is 7.14. The van der Waals surface area contributed by atoms with E-state index in [9.17, 15) is 14.4 Å². The lowest BCUT2D eigenvalue weighted by Gasteiger charge is -2.34. The topological polar surface area (TPSA) is 163 Å². The number of hydrogen-bond acceptors (Lipinski definition) is 10. The zero-order valence-corrected chi connectivity index (χ0v) is 28.0. The fourth-order valence-electron chi connectivity index (χ4n) is 5.20. The van der Waals surface area contributed by atoms with Gasteiger partial charge in [-0.05, 0) is 48.3 Å². The summed E-state index contributed by atoms with van der Waals surface area (Å²) in [5.41, 5.74) is 1.49. The van der Waals surface area contributed by atoms with Crippen molar-refractivity contribution >= 4 is 51.9 Å². The molecule has 1 fully saturated rings. The first-order valence-corrected chi connectivity index (χ1v) is 16.2. The molecule has 15 heteroatoms. The Bertz CT molecular complexity index is 1780. The summed E-state index contributed by atoms with van der Waals surface area (Å²) in [4.78, 5) is 51.4. The summed E-state index contributed by atoms with van der Waals surface area (Å²) in [7, 11) is 6.27. The van der Waals surface area contributed by atoms with Gasteiger partial charge in [0, 0.05) is 42.1 Å². The van der Waals surface area contributed by atoms with Crippen molar-refractivity contribution in [1.82, 2.24) is 40.3 Å². The summed E-state index contributed by atoms with van der Waals surface area (Å²) >= 11 is 1.37. The normalized spacial score (nSPS) is 15.9. The quantitative estimate of drug-likeness (QED) is 0.220. The van der Waals surface area contributed by atoms with Crippen molar-refractivity contribution in [3.63, 3.8) is 0 Å². The van der Waals surface area contributed by atoms with Crippen LogP contribution >= 0.6 is 11.3 Å². The molecule has 1 aliphatic heterocycles. The number of H-pyrrole nitrogens is 1. The Hall–Kier alpha value is -4.50. The molecule has 0 radical (unpaired) electrons. The molecule has 244 valence electrons. The van der Waals surface area contributed by atoms with Crippen molar-refractivity contribution in [2.24, 2.45) is 5.92 Å². The number of amides is 2. The smallest absolute Gasteiger partial charge is 0.267 e. The highest BCUT2D eigenvalue weighted by atomic mass is 32.1. The van der Waals surface area contributed by atoms with E-state index in [0.717, 1.165) is 29.6 Å². The van der Waals surface area contributed by atoms with Crippen molar-refractivity contribution in [2.45, 2.75) is 45.4 Å². The zero-order chi connectivity index (χ0) is 33.1. The molecule has 1 aliphatic rings. The van der Waals surface area contributed by atoms with Gasteiger partial charge in [-0.15, -0.1) is 21.5 Å². The van der Waals surface area contributed by atoms with E-state index in [1.54, 1.807) is 30.5 Å². The van der Waals surface area contributed by atoms with Crippen LogP contribution < -0.4 is 21.1 Å². The van der Waals surface area contributed by atoms with Gasteiger partial charge in [-0.1, -0.05) is 20.8 Å². The van der Waals surface area contributed by atoms with Crippen molar-refractivity contribution in [3.05, 3.63) is 56.7 Å². The third-order valence-corrected chi connectivity index (χ3v) is 8.52. The summed E-state index contributed by atoms with van der Waals surface area (Å²) in [6.45, 7) is 8.89. The Morgan fingerprint density at radius 2 is 2.00 bits per heavy atom. The van der Waals surface area contributed by atoms with Crippen molar-refractivity contribution in [1.29, 1.82) is 0 Å². The minimum atomic E-state index is -0.344.